The Morgan fingerprint density at radius 3 is 2.46 bits per heavy atom. The molecule has 2 N–H and O–H groups in total. The first-order valence-electron chi connectivity index (χ1n) is 9.58. The zero-order valence-corrected chi connectivity index (χ0v) is 18.6. The SMILES string of the molecule is CCN(CC)S(=O)(=O)c1cc(NC(=O)C[NH+](CC)Cc2cccs2)ccc1C. The van der Waals surface area contributed by atoms with Crippen molar-refractivity contribution < 1.29 is 18.1 Å². The molecule has 1 amide bonds. The van der Waals surface area contributed by atoms with Crippen LogP contribution in [0.15, 0.2) is 40.6 Å². The third-order valence-electron chi connectivity index (χ3n) is 4.71. The molecule has 2 aromatic rings. The van der Waals surface area contributed by atoms with Gasteiger partial charge in [-0.15, -0.1) is 11.3 Å². The third kappa shape index (κ3) is 5.64. The first kappa shape index (κ1) is 22.5. The Morgan fingerprint density at radius 1 is 1.18 bits per heavy atom. The number of carbonyl (C=O) groups excluding carboxylic acids is 1. The number of anilines is 1. The lowest BCUT2D eigenvalue weighted by molar-refractivity contribution is -0.903. The van der Waals surface area contributed by atoms with E-state index in [1.165, 1.54) is 9.18 Å². The van der Waals surface area contributed by atoms with Crippen molar-refractivity contribution in [3.63, 3.8) is 0 Å². The van der Waals surface area contributed by atoms with Crippen molar-refractivity contribution in [3.8, 4) is 0 Å². The molecule has 0 saturated carbocycles. The largest absolute Gasteiger partial charge is 0.323 e. The molecular formula is C20H30N3O3S2+. The van der Waals surface area contributed by atoms with Gasteiger partial charge in [-0.1, -0.05) is 26.0 Å². The van der Waals surface area contributed by atoms with Crippen molar-refractivity contribution in [2.75, 3.05) is 31.5 Å². The molecule has 0 spiro atoms. The molecule has 0 aliphatic heterocycles. The van der Waals surface area contributed by atoms with Crippen LogP contribution in [0.25, 0.3) is 0 Å². The number of quaternary nitrogens is 1. The van der Waals surface area contributed by atoms with E-state index in [0.717, 1.165) is 18.0 Å². The summed E-state index contributed by atoms with van der Waals surface area (Å²) >= 11 is 1.69. The molecule has 0 radical (unpaired) electrons. The summed E-state index contributed by atoms with van der Waals surface area (Å²) in [5.74, 6) is -0.122. The molecule has 154 valence electrons. The minimum Gasteiger partial charge on any atom is -0.323 e. The van der Waals surface area contributed by atoms with Crippen LogP contribution in [0.3, 0.4) is 0 Å². The second-order valence-electron chi connectivity index (χ2n) is 6.65. The molecule has 6 nitrogen and oxygen atoms in total. The Balaban J connectivity index is 2.12. The molecule has 0 fully saturated rings. The van der Waals surface area contributed by atoms with E-state index in [4.69, 9.17) is 0 Å². The van der Waals surface area contributed by atoms with E-state index in [1.54, 1.807) is 36.5 Å². The van der Waals surface area contributed by atoms with Crippen molar-refractivity contribution in [1.82, 2.24) is 4.31 Å². The second kappa shape index (κ2) is 10.2. The summed E-state index contributed by atoms with van der Waals surface area (Å²) in [5, 5.41) is 4.90. The average molecular weight is 425 g/mol. The summed E-state index contributed by atoms with van der Waals surface area (Å²) in [6, 6.07) is 9.13. The van der Waals surface area contributed by atoms with Gasteiger partial charge in [0.1, 0.15) is 6.54 Å². The van der Waals surface area contributed by atoms with Gasteiger partial charge in [0, 0.05) is 18.8 Å². The molecule has 1 unspecified atom stereocenters. The first-order chi connectivity index (χ1) is 13.3. The summed E-state index contributed by atoms with van der Waals surface area (Å²) in [7, 11) is -3.57. The molecule has 0 aliphatic carbocycles. The maximum absolute atomic E-state index is 12.9. The molecule has 1 atom stereocenters. The number of amides is 1. The van der Waals surface area contributed by atoms with E-state index in [2.05, 4.69) is 18.3 Å². The maximum atomic E-state index is 12.9. The van der Waals surface area contributed by atoms with Gasteiger partial charge in [-0.05, 0) is 43.0 Å². The number of nitrogens with one attached hydrogen (secondary N) is 2. The minimum absolute atomic E-state index is 0.122. The van der Waals surface area contributed by atoms with Crippen LogP contribution >= 0.6 is 11.3 Å². The van der Waals surface area contributed by atoms with Crippen LogP contribution in [0.2, 0.25) is 0 Å². The van der Waals surface area contributed by atoms with Crippen molar-refractivity contribution in [2.45, 2.75) is 39.1 Å². The highest BCUT2D eigenvalue weighted by atomic mass is 32.2. The zero-order chi connectivity index (χ0) is 20.7. The van der Waals surface area contributed by atoms with Gasteiger partial charge in [-0.25, -0.2) is 8.42 Å². The van der Waals surface area contributed by atoms with Gasteiger partial charge in [0.05, 0.1) is 16.3 Å². The van der Waals surface area contributed by atoms with E-state index in [-0.39, 0.29) is 10.8 Å². The fourth-order valence-corrected chi connectivity index (χ4v) is 5.55. The number of benzene rings is 1. The second-order valence-corrected chi connectivity index (χ2v) is 9.59. The lowest BCUT2D eigenvalue weighted by atomic mass is 10.2. The van der Waals surface area contributed by atoms with Gasteiger partial charge >= 0.3 is 0 Å². The third-order valence-corrected chi connectivity index (χ3v) is 7.78. The molecule has 0 bridgehead atoms. The van der Waals surface area contributed by atoms with E-state index >= 15 is 0 Å². The van der Waals surface area contributed by atoms with Crippen LogP contribution in [-0.2, 0) is 21.4 Å². The zero-order valence-electron chi connectivity index (χ0n) is 17.0. The maximum Gasteiger partial charge on any atom is 0.279 e. The molecule has 0 aliphatic rings. The van der Waals surface area contributed by atoms with Crippen molar-refractivity contribution >= 4 is 33.0 Å². The number of carbonyl (C=O) groups is 1. The fraction of sp³-hybridized carbons (Fsp3) is 0.450. The topological polar surface area (TPSA) is 70.9 Å². The molecule has 0 saturated heterocycles. The Labute approximate surface area is 172 Å². The highest BCUT2D eigenvalue weighted by Gasteiger charge is 2.24. The van der Waals surface area contributed by atoms with Gasteiger partial charge in [0.15, 0.2) is 6.54 Å². The van der Waals surface area contributed by atoms with E-state index in [1.807, 2.05) is 25.3 Å². The molecule has 1 heterocycles. The van der Waals surface area contributed by atoms with Crippen LogP contribution in [0, 0.1) is 6.92 Å². The van der Waals surface area contributed by atoms with Crippen LogP contribution in [0.5, 0.6) is 0 Å². The van der Waals surface area contributed by atoms with Gasteiger partial charge in [0.25, 0.3) is 5.91 Å². The fourth-order valence-electron chi connectivity index (χ4n) is 3.06. The summed E-state index contributed by atoms with van der Waals surface area (Å²) in [5.41, 5.74) is 1.18. The number of hydrogen-bond acceptors (Lipinski definition) is 4. The molecule has 1 aromatic heterocycles. The predicted octanol–water partition coefficient (Wildman–Crippen LogP) is 2.13. The highest BCUT2D eigenvalue weighted by molar-refractivity contribution is 7.89. The highest BCUT2D eigenvalue weighted by Crippen LogP contribution is 2.23. The number of aryl methyl sites for hydroxylation is 1. The monoisotopic (exact) mass is 424 g/mol. The van der Waals surface area contributed by atoms with Gasteiger partial charge < -0.3 is 10.2 Å². The number of rotatable bonds is 10. The molecule has 1 aromatic carbocycles. The van der Waals surface area contributed by atoms with E-state index < -0.39 is 10.0 Å². The normalized spacial score (nSPS) is 12.9. The van der Waals surface area contributed by atoms with Gasteiger partial charge in [0.2, 0.25) is 10.0 Å². The van der Waals surface area contributed by atoms with Crippen LogP contribution in [0.1, 0.15) is 31.2 Å². The number of likely N-dealkylation sites (N-methyl/N-ethyl adjacent to an activating group) is 1. The number of nitrogens with zero attached hydrogens (tertiary/aromatic N) is 1. The van der Waals surface area contributed by atoms with Crippen LogP contribution in [0.4, 0.5) is 5.69 Å². The Kier molecular flexibility index (Phi) is 8.18. The Hall–Kier alpha value is -1.74. The molecule has 2 rings (SSSR count). The average Bonchev–Trinajstić information content (AvgIpc) is 3.16. The molecule has 8 heteroatoms. The summed E-state index contributed by atoms with van der Waals surface area (Å²) in [4.78, 5) is 15.2. The quantitative estimate of drug-likeness (QED) is 0.614. The Bertz CT molecular complexity index is 876. The standard InChI is InChI=1S/C20H29N3O3S2/c1-5-22(14-18-9-8-12-27-18)15-20(24)21-17-11-10-16(4)19(13-17)28(25,26)23(6-2)7-3/h8-13H,5-7,14-15H2,1-4H3,(H,21,24)/p+1. The number of hydrogen-bond donors (Lipinski definition) is 2. The van der Waals surface area contributed by atoms with Crippen molar-refractivity contribution in [3.05, 3.63) is 46.2 Å². The number of sulfonamides is 1. The summed E-state index contributed by atoms with van der Waals surface area (Å²) in [6.07, 6.45) is 0. The van der Waals surface area contributed by atoms with E-state index in [9.17, 15) is 13.2 Å². The lowest BCUT2D eigenvalue weighted by Gasteiger charge is -2.20. The number of thiophene rings is 1. The van der Waals surface area contributed by atoms with Crippen LogP contribution < -0.4 is 10.2 Å². The van der Waals surface area contributed by atoms with Crippen LogP contribution in [-0.4, -0.2) is 44.8 Å². The lowest BCUT2D eigenvalue weighted by Crippen LogP contribution is -3.11. The molecular weight excluding hydrogens is 394 g/mol. The Morgan fingerprint density at radius 2 is 1.89 bits per heavy atom. The first-order valence-corrected chi connectivity index (χ1v) is 11.9. The summed E-state index contributed by atoms with van der Waals surface area (Å²) in [6.45, 7) is 10.2. The van der Waals surface area contributed by atoms with Crippen molar-refractivity contribution in [2.24, 2.45) is 0 Å². The molecule has 28 heavy (non-hydrogen) atoms. The minimum atomic E-state index is -3.57. The predicted molar refractivity (Wildman–Crippen MR) is 114 cm³/mol. The van der Waals surface area contributed by atoms with E-state index in [0.29, 0.717) is 30.9 Å². The van der Waals surface area contributed by atoms with Gasteiger partial charge in [-0.3, -0.25) is 4.79 Å². The summed E-state index contributed by atoms with van der Waals surface area (Å²) < 4.78 is 27.2. The smallest absolute Gasteiger partial charge is 0.279 e. The van der Waals surface area contributed by atoms with Crippen molar-refractivity contribution in [1.29, 1.82) is 0 Å². The van der Waals surface area contributed by atoms with Gasteiger partial charge in [-0.2, -0.15) is 4.31 Å².